The number of hydrogen-bond donors (Lipinski definition) is 1. The van der Waals surface area contributed by atoms with E-state index in [1.54, 1.807) is 0 Å². The molecule has 0 aliphatic rings. The number of aromatic nitrogens is 2. The topological polar surface area (TPSA) is 55.0 Å². The standard InChI is InChI=1S/C11H14N4S/c1-8-3-5-9(6-4-8)15(2)7-10-13-14-11(12)16-10/h3-6H,7H2,1-2H3,(H2,12,14). The fourth-order valence-corrected chi connectivity index (χ4v) is 2.09. The smallest absolute Gasteiger partial charge is 0.203 e. The second kappa shape index (κ2) is 4.49. The number of nitrogen functional groups attached to an aromatic ring is 1. The van der Waals surface area contributed by atoms with Gasteiger partial charge >= 0.3 is 0 Å². The van der Waals surface area contributed by atoms with E-state index in [1.807, 2.05) is 7.05 Å². The van der Waals surface area contributed by atoms with E-state index >= 15 is 0 Å². The Morgan fingerprint density at radius 2 is 1.94 bits per heavy atom. The molecule has 0 fully saturated rings. The van der Waals surface area contributed by atoms with Crippen molar-refractivity contribution < 1.29 is 0 Å². The highest BCUT2D eigenvalue weighted by Crippen LogP contribution is 2.18. The summed E-state index contributed by atoms with van der Waals surface area (Å²) in [5.41, 5.74) is 7.97. The molecule has 0 saturated carbocycles. The van der Waals surface area contributed by atoms with Gasteiger partial charge in [0.2, 0.25) is 5.13 Å². The molecule has 0 unspecified atom stereocenters. The summed E-state index contributed by atoms with van der Waals surface area (Å²) in [6.45, 7) is 2.81. The highest BCUT2D eigenvalue weighted by Gasteiger charge is 2.05. The zero-order chi connectivity index (χ0) is 11.5. The molecule has 2 rings (SSSR count). The molecule has 1 aromatic heterocycles. The Kier molecular flexibility index (Phi) is 3.05. The van der Waals surface area contributed by atoms with Crippen molar-refractivity contribution in [3.8, 4) is 0 Å². The first kappa shape index (κ1) is 10.9. The van der Waals surface area contributed by atoms with Crippen LogP contribution in [0.15, 0.2) is 24.3 Å². The van der Waals surface area contributed by atoms with Crippen molar-refractivity contribution in [1.29, 1.82) is 0 Å². The van der Waals surface area contributed by atoms with E-state index in [2.05, 4.69) is 46.3 Å². The van der Waals surface area contributed by atoms with Crippen molar-refractivity contribution >= 4 is 22.2 Å². The molecule has 5 heteroatoms. The number of nitrogens with zero attached hydrogens (tertiary/aromatic N) is 3. The van der Waals surface area contributed by atoms with Crippen molar-refractivity contribution in [2.75, 3.05) is 17.7 Å². The number of aryl methyl sites for hydroxylation is 1. The molecule has 0 bridgehead atoms. The summed E-state index contributed by atoms with van der Waals surface area (Å²) in [7, 11) is 2.03. The van der Waals surface area contributed by atoms with Crippen molar-refractivity contribution in [1.82, 2.24) is 10.2 Å². The van der Waals surface area contributed by atoms with E-state index in [0.717, 1.165) is 11.6 Å². The minimum Gasteiger partial charge on any atom is -0.374 e. The quantitative estimate of drug-likeness (QED) is 0.883. The van der Waals surface area contributed by atoms with Gasteiger partial charge in [0.25, 0.3) is 0 Å². The van der Waals surface area contributed by atoms with Crippen LogP contribution in [0, 0.1) is 6.92 Å². The fraction of sp³-hybridized carbons (Fsp3) is 0.273. The minimum atomic E-state index is 0.521. The van der Waals surface area contributed by atoms with Gasteiger partial charge in [-0.1, -0.05) is 29.0 Å². The highest BCUT2D eigenvalue weighted by atomic mass is 32.1. The average molecular weight is 234 g/mol. The molecule has 1 heterocycles. The number of nitrogens with two attached hydrogens (primary N) is 1. The Hall–Kier alpha value is -1.62. The van der Waals surface area contributed by atoms with E-state index < -0.39 is 0 Å². The van der Waals surface area contributed by atoms with Gasteiger partial charge in [0.15, 0.2) is 0 Å². The molecule has 0 aliphatic carbocycles. The highest BCUT2D eigenvalue weighted by molar-refractivity contribution is 7.15. The predicted molar refractivity (Wildman–Crippen MR) is 67.6 cm³/mol. The lowest BCUT2D eigenvalue weighted by Crippen LogP contribution is -2.16. The molecule has 0 saturated heterocycles. The van der Waals surface area contributed by atoms with Crippen LogP contribution < -0.4 is 10.6 Å². The van der Waals surface area contributed by atoms with E-state index in [4.69, 9.17) is 5.73 Å². The summed E-state index contributed by atoms with van der Waals surface area (Å²) < 4.78 is 0. The minimum absolute atomic E-state index is 0.521. The molecular formula is C11H14N4S. The maximum absolute atomic E-state index is 5.54. The second-order valence-corrected chi connectivity index (χ2v) is 4.82. The molecule has 0 spiro atoms. The third-order valence-corrected chi connectivity index (χ3v) is 3.07. The van der Waals surface area contributed by atoms with Crippen LogP contribution in [-0.2, 0) is 6.54 Å². The average Bonchev–Trinajstić information content (AvgIpc) is 2.65. The van der Waals surface area contributed by atoms with Crippen LogP contribution in [0.1, 0.15) is 10.6 Å². The second-order valence-electron chi connectivity index (χ2n) is 3.73. The summed E-state index contributed by atoms with van der Waals surface area (Å²) in [5, 5.41) is 9.25. The van der Waals surface area contributed by atoms with Crippen molar-refractivity contribution in [2.24, 2.45) is 0 Å². The van der Waals surface area contributed by atoms with Gasteiger partial charge in [-0.05, 0) is 19.1 Å². The largest absolute Gasteiger partial charge is 0.374 e. The maximum Gasteiger partial charge on any atom is 0.203 e. The summed E-state index contributed by atoms with van der Waals surface area (Å²) in [4.78, 5) is 2.12. The Balaban J connectivity index is 2.08. The SMILES string of the molecule is Cc1ccc(N(C)Cc2nnc(N)s2)cc1. The van der Waals surface area contributed by atoms with E-state index in [1.165, 1.54) is 22.6 Å². The van der Waals surface area contributed by atoms with Crippen LogP contribution in [-0.4, -0.2) is 17.2 Å². The molecule has 16 heavy (non-hydrogen) atoms. The van der Waals surface area contributed by atoms with Crippen LogP contribution >= 0.6 is 11.3 Å². The molecule has 2 N–H and O–H groups in total. The first-order valence-electron chi connectivity index (χ1n) is 5.01. The lowest BCUT2D eigenvalue weighted by Gasteiger charge is -2.17. The summed E-state index contributed by atoms with van der Waals surface area (Å²) in [6.07, 6.45) is 0. The van der Waals surface area contributed by atoms with Crippen LogP contribution in [0.5, 0.6) is 0 Å². The van der Waals surface area contributed by atoms with Gasteiger partial charge in [-0.25, -0.2) is 0 Å². The fourth-order valence-electron chi connectivity index (χ4n) is 1.42. The van der Waals surface area contributed by atoms with Crippen molar-refractivity contribution in [3.05, 3.63) is 34.8 Å². The number of benzene rings is 1. The van der Waals surface area contributed by atoms with E-state index in [0.29, 0.717) is 5.13 Å². The molecule has 0 radical (unpaired) electrons. The number of rotatable bonds is 3. The van der Waals surface area contributed by atoms with E-state index in [9.17, 15) is 0 Å². The van der Waals surface area contributed by atoms with Crippen LogP contribution in [0.25, 0.3) is 0 Å². The zero-order valence-corrected chi connectivity index (χ0v) is 10.2. The molecule has 0 atom stereocenters. The third kappa shape index (κ3) is 2.49. The first-order chi connectivity index (χ1) is 7.65. The monoisotopic (exact) mass is 234 g/mol. The Labute approximate surface area is 98.7 Å². The molecule has 84 valence electrons. The van der Waals surface area contributed by atoms with Gasteiger partial charge in [0.1, 0.15) is 5.01 Å². The Bertz CT molecular complexity index is 463. The number of anilines is 2. The molecule has 2 aromatic rings. The normalized spacial score (nSPS) is 10.4. The van der Waals surface area contributed by atoms with Gasteiger partial charge < -0.3 is 10.6 Å². The summed E-state index contributed by atoms with van der Waals surface area (Å²) in [5.74, 6) is 0. The summed E-state index contributed by atoms with van der Waals surface area (Å²) >= 11 is 1.43. The number of hydrogen-bond acceptors (Lipinski definition) is 5. The van der Waals surface area contributed by atoms with Crippen molar-refractivity contribution in [2.45, 2.75) is 13.5 Å². The van der Waals surface area contributed by atoms with Gasteiger partial charge in [-0.3, -0.25) is 0 Å². The van der Waals surface area contributed by atoms with Gasteiger partial charge in [-0.2, -0.15) is 0 Å². The van der Waals surface area contributed by atoms with Crippen LogP contribution in [0.2, 0.25) is 0 Å². The van der Waals surface area contributed by atoms with Crippen molar-refractivity contribution in [3.63, 3.8) is 0 Å². The van der Waals surface area contributed by atoms with E-state index in [-0.39, 0.29) is 0 Å². The van der Waals surface area contributed by atoms with Crippen LogP contribution in [0.4, 0.5) is 10.8 Å². The predicted octanol–water partition coefficient (Wildman–Crippen LogP) is 2.07. The lowest BCUT2D eigenvalue weighted by molar-refractivity contribution is 0.881. The lowest BCUT2D eigenvalue weighted by atomic mass is 10.2. The van der Waals surface area contributed by atoms with Gasteiger partial charge in [0.05, 0.1) is 6.54 Å². The molecule has 0 aliphatic heterocycles. The maximum atomic E-state index is 5.54. The molecule has 1 aromatic carbocycles. The molecule has 4 nitrogen and oxygen atoms in total. The Morgan fingerprint density at radius 3 is 2.50 bits per heavy atom. The molecule has 0 amide bonds. The Morgan fingerprint density at radius 1 is 1.25 bits per heavy atom. The third-order valence-electron chi connectivity index (χ3n) is 2.33. The van der Waals surface area contributed by atoms with Gasteiger partial charge in [0, 0.05) is 12.7 Å². The molecular weight excluding hydrogens is 220 g/mol. The van der Waals surface area contributed by atoms with Gasteiger partial charge in [-0.15, -0.1) is 10.2 Å². The summed E-state index contributed by atoms with van der Waals surface area (Å²) in [6, 6.07) is 8.39. The zero-order valence-electron chi connectivity index (χ0n) is 9.34. The first-order valence-corrected chi connectivity index (χ1v) is 5.82. The van der Waals surface area contributed by atoms with Crippen LogP contribution in [0.3, 0.4) is 0 Å².